The minimum Gasteiger partial charge on any atom is -0.303 e. The Kier molecular flexibility index (Phi) is 7.94. The van der Waals surface area contributed by atoms with E-state index in [4.69, 9.17) is 0 Å². The maximum Gasteiger partial charge on any atom is 0.120 e. The molecule has 1 aromatic carbocycles. The van der Waals surface area contributed by atoms with E-state index < -0.39 is 0 Å². The second-order valence-corrected chi connectivity index (χ2v) is 5.27. The van der Waals surface area contributed by atoms with Gasteiger partial charge in [0.25, 0.3) is 0 Å². The van der Waals surface area contributed by atoms with Crippen molar-refractivity contribution in [1.82, 2.24) is 0 Å². The largest absolute Gasteiger partial charge is 0.303 e. The Labute approximate surface area is 124 Å². The van der Waals surface area contributed by atoms with Gasteiger partial charge < -0.3 is 4.79 Å². The molecule has 0 fully saturated rings. The zero-order valence-electron chi connectivity index (χ0n) is 13.1. The average Bonchev–Trinajstić information content (AvgIpc) is 2.51. The van der Waals surface area contributed by atoms with Gasteiger partial charge in [0, 0.05) is 6.42 Å². The monoisotopic (exact) mass is 272 g/mol. The predicted octanol–water partition coefficient (Wildman–Crippen LogP) is 5.30. The van der Waals surface area contributed by atoms with Gasteiger partial charge in [-0.3, -0.25) is 0 Å². The predicted molar refractivity (Wildman–Crippen MR) is 87.1 cm³/mol. The first-order valence-electron chi connectivity index (χ1n) is 8.00. The van der Waals surface area contributed by atoms with Crippen molar-refractivity contribution in [3.8, 4) is 0 Å². The molecule has 0 saturated heterocycles. The van der Waals surface area contributed by atoms with Gasteiger partial charge in [-0.15, -0.1) is 0 Å². The van der Waals surface area contributed by atoms with Crippen LogP contribution in [0.25, 0.3) is 0 Å². The van der Waals surface area contributed by atoms with E-state index in [0.717, 1.165) is 19.1 Å². The van der Waals surface area contributed by atoms with Gasteiger partial charge in [-0.25, -0.2) is 0 Å². The third-order valence-corrected chi connectivity index (χ3v) is 3.91. The highest BCUT2D eigenvalue weighted by atomic mass is 16.1. The Morgan fingerprint density at radius 1 is 1.20 bits per heavy atom. The number of allylic oxidation sites excluding steroid dienone is 2. The minimum absolute atomic E-state index is 0.652. The molecule has 0 bridgehead atoms. The topological polar surface area (TPSA) is 17.1 Å². The van der Waals surface area contributed by atoms with Crippen LogP contribution in [0, 0.1) is 5.92 Å². The molecule has 2 rings (SSSR count). The second-order valence-electron chi connectivity index (χ2n) is 5.27. The standard InChI is InChI=1S/C17H22O.C2H6/c1-14-6-2-3-8-17(14)16-11-9-15(10-12-16)7-4-5-13-18;1-2/h2,6,9-14,17H,3-5,7-8H2,1H3;1-2H3. The van der Waals surface area contributed by atoms with Crippen molar-refractivity contribution in [3.05, 3.63) is 47.5 Å². The van der Waals surface area contributed by atoms with Crippen LogP contribution in [-0.4, -0.2) is 6.29 Å². The van der Waals surface area contributed by atoms with Crippen LogP contribution in [0.2, 0.25) is 0 Å². The smallest absolute Gasteiger partial charge is 0.120 e. The lowest BCUT2D eigenvalue weighted by molar-refractivity contribution is -0.107. The Morgan fingerprint density at radius 2 is 1.90 bits per heavy atom. The van der Waals surface area contributed by atoms with E-state index >= 15 is 0 Å². The Bertz CT molecular complexity index is 402. The molecule has 0 aromatic heterocycles. The molecule has 1 aromatic rings. The van der Waals surface area contributed by atoms with Crippen LogP contribution >= 0.6 is 0 Å². The first-order chi connectivity index (χ1) is 9.81. The van der Waals surface area contributed by atoms with E-state index in [1.165, 1.54) is 24.0 Å². The molecule has 0 N–H and O–H groups in total. The van der Waals surface area contributed by atoms with Crippen molar-refractivity contribution in [2.45, 2.75) is 58.8 Å². The molecule has 0 saturated carbocycles. The zero-order chi connectivity index (χ0) is 14.8. The van der Waals surface area contributed by atoms with E-state index in [1.54, 1.807) is 0 Å². The molecule has 1 aliphatic carbocycles. The minimum atomic E-state index is 0.652. The number of aryl methyl sites for hydroxylation is 1. The van der Waals surface area contributed by atoms with Gasteiger partial charge >= 0.3 is 0 Å². The van der Waals surface area contributed by atoms with Crippen molar-refractivity contribution < 1.29 is 4.79 Å². The highest BCUT2D eigenvalue weighted by Gasteiger charge is 2.19. The molecule has 2 unspecified atom stereocenters. The summed E-state index contributed by atoms with van der Waals surface area (Å²) in [7, 11) is 0. The van der Waals surface area contributed by atoms with Gasteiger partial charge in [0.05, 0.1) is 0 Å². The van der Waals surface area contributed by atoms with Crippen LogP contribution in [-0.2, 0) is 11.2 Å². The molecule has 0 heterocycles. The summed E-state index contributed by atoms with van der Waals surface area (Å²) in [5.41, 5.74) is 2.81. The third-order valence-electron chi connectivity index (χ3n) is 3.91. The summed E-state index contributed by atoms with van der Waals surface area (Å²) in [6.45, 7) is 6.30. The molecular weight excluding hydrogens is 244 g/mol. The maximum absolute atomic E-state index is 10.3. The molecule has 20 heavy (non-hydrogen) atoms. The lowest BCUT2D eigenvalue weighted by atomic mass is 9.80. The number of carbonyl (C=O) groups is 1. The van der Waals surface area contributed by atoms with Gasteiger partial charge in [-0.1, -0.05) is 57.2 Å². The molecular formula is C19H28O. The van der Waals surface area contributed by atoms with Crippen LogP contribution in [0.15, 0.2) is 36.4 Å². The Morgan fingerprint density at radius 3 is 2.50 bits per heavy atom. The first-order valence-corrected chi connectivity index (χ1v) is 8.00. The number of benzene rings is 1. The highest BCUT2D eigenvalue weighted by Crippen LogP contribution is 2.33. The zero-order valence-corrected chi connectivity index (χ0v) is 13.1. The van der Waals surface area contributed by atoms with Crippen LogP contribution < -0.4 is 0 Å². The van der Waals surface area contributed by atoms with Crippen LogP contribution in [0.3, 0.4) is 0 Å². The SMILES string of the molecule is CC.CC1C=CCCC1c1ccc(CCCC=O)cc1. The maximum atomic E-state index is 10.3. The van der Waals surface area contributed by atoms with E-state index in [1.807, 2.05) is 13.8 Å². The molecule has 1 aliphatic rings. The van der Waals surface area contributed by atoms with E-state index in [9.17, 15) is 4.79 Å². The summed E-state index contributed by atoms with van der Waals surface area (Å²) in [6, 6.07) is 9.00. The van der Waals surface area contributed by atoms with Crippen molar-refractivity contribution in [2.24, 2.45) is 5.92 Å². The lowest BCUT2D eigenvalue weighted by Crippen LogP contribution is -2.10. The van der Waals surface area contributed by atoms with Crippen molar-refractivity contribution in [3.63, 3.8) is 0 Å². The number of aldehydes is 1. The van der Waals surface area contributed by atoms with Gasteiger partial charge in [0.15, 0.2) is 0 Å². The van der Waals surface area contributed by atoms with Gasteiger partial charge in [0.1, 0.15) is 6.29 Å². The lowest BCUT2D eigenvalue weighted by Gasteiger charge is -2.25. The summed E-state index contributed by atoms with van der Waals surface area (Å²) in [5.74, 6) is 1.33. The van der Waals surface area contributed by atoms with E-state index in [0.29, 0.717) is 18.3 Å². The Balaban J connectivity index is 0.000000956. The summed E-state index contributed by atoms with van der Waals surface area (Å²) in [6.07, 6.45) is 10.8. The van der Waals surface area contributed by atoms with Gasteiger partial charge in [-0.05, 0) is 48.6 Å². The number of rotatable bonds is 5. The van der Waals surface area contributed by atoms with Gasteiger partial charge in [-0.2, -0.15) is 0 Å². The van der Waals surface area contributed by atoms with E-state index in [-0.39, 0.29) is 0 Å². The molecule has 110 valence electrons. The van der Waals surface area contributed by atoms with Crippen molar-refractivity contribution in [1.29, 1.82) is 0 Å². The summed E-state index contributed by atoms with van der Waals surface area (Å²) in [4.78, 5) is 10.3. The van der Waals surface area contributed by atoms with Gasteiger partial charge in [0.2, 0.25) is 0 Å². The number of unbranched alkanes of at least 4 members (excludes halogenated alkanes) is 1. The molecule has 1 nitrogen and oxygen atoms in total. The fourth-order valence-corrected chi connectivity index (χ4v) is 2.77. The Hall–Kier alpha value is -1.37. The third kappa shape index (κ3) is 4.96. The summed E-state index contributed by atoms with van der Waals surface area (Å²) < 4.78 is 0. The fraction of sp³-hybridized carbons (Fsp3) is 0.526. The van der Waals surface area contributed by atoms with Crippen LogP contribution in [0.1, 0.15) is 63.5 Å². The normalized spacial score (nSPS) is 20.9. The fourth-order valence-electron chi connectivity index (χ4n) is 2.77. The molecule has 0 spiro atoms. The number of hydrogen-bond acceptors (Lipinski definition) is 1. The summed E-state index contributed by atoms with van der Waals surface area (Å²) in [5, 5.41) is 0. The number of hydrogen-bond donors (Lipinski definition) is 0. The highest BCUT2D eigenvalue weighted by molar-refractivity contribution is 5.49. The number of carbonyl (C=O) groups excluding carboxylic acids is 1. The van der Waals surface area contributed by atoms with Crippen molar-refractivity contribution in [2.75, 3.05) is 0 Å². The summed E-state index contributed by atoms with van der Waals surface area (Å²) >= 11 is 0. The van der Waals surface area contributed by atoms with Crippen LogP contribution in [0.5, 0.6) is 0 Å². The molecule has 1 heteroatoms. The van der Waals surface area contributed by atoms with Crippen molar-refractivity contribution >= 4 is 6.29 Å². The first kappa shape index (κ1) is 16.7. The second kappa shape index (κ2) is 9.52. The molecule has 2 atom stereocenters. The quantitative estimate of drug-likeness (QED) is 0.403. The molecule has 0 amide bonds. The van der Waals surface area contributed by atoms with E-state index in [2.05, 4.69) is 43.3 Å². The average molecular weight is 272 g/mol. The molecule has 0 radical (unpaired) electrons. The molecule has 0 aliphatic heterocycles. The van der Waals surface area contributed by atoms with Crippen LogP contribution in [0.4, 0.5) is 0 Å².